The van der Waals surface area contributed by atoms with Gasteiger partial charge in [0.2, 0.25) is 0 Å². The Hall–Kier alpha value is -1.32. The van der Waals surface area contributed by atoms with Crippen LogP contribution >= 0.6 is 0 Å². The first-order chi connectivity index (χ1) is 10.7. The lowest BCUT2D eigenvalue weighted by Gasteiger charge is -2.36. The van der Waals surface area contributed by atoms with Crippen LogP contribution in [0.2, 0.25) is 0 Å². The van der Waals surface area contributed by atoms with Gasteiger partial charge in [-0.3, -0.25) is 9.89 Å². The Morgan fingerprint density at radius 1 is 1.18 bits per heavy atom. The summed E-state index contributed by atoms with van der Waals surface area (Å²) < 4.78 is 0. The summed E-state index contributed by atoms with van der Waals surface area (Å²) in [6.45, 7) is 4.43. The van der Waals surface area contributed by atoms with Crippen LogP contribution in [0.5, 0.6) is 0 Å². The summed E-state index contributed by atoms with van der Waals surface area (Å²) >= 11 is 0. The number of aromatic nitrogens is 2. The molecule has 1 heterocycles. The van der Waals surface area contributed by atoms with Crippen molar-refractivity contribution in [3.8, 4) is 0 Å². The summed E-state index contributed by atoms with van der Waals surface area (Å²) in [5.74, 6) is 1.02. The molecule has 0 bridgehead atoms. The Morgan fingerprint density at radius 3 is 2.36 bits per heavy atom. The summed E-state index contributed by atoms with van der Waals surface area (Å²) in [5.41, 5.74) is 1.70. The number of hydrogen-bond acceptors (Lipinski definition) is 2. The van der Waals surface area contributed by atoms with Crippen molar-refractivity contribution in [2.45, 2.75) is 83.7 Å². The lowest BCUT2D eigenvalue weighted by atomic mass is 9.83. The van der Waals surface area contributed by atoms with Crippen LogP contribution in [0.1, 0.15) is 81.4 Å². The number of hydrogen-bond donors (Lipinski definition) is 1. The van der Waals surface area contributed by atoms with Crippen molar-refractivity contribution >= 4 is 5.91 Å². The lowest BCUT2D eigenvalue weighted by molar-refractivity contribution is 0.0581. The fraction of sp³-hybridized carbons (Fsp3) is 0.778. The fourth-order valence-electron chi connectivity index (χ4n) is 3.81. The van der Waals surface area contributed by atoms with E-state index >= 15 is 0 Å². The molecule has 0 spiro atoms. The van der Waals surface area contributed by atoms with E-state index < -0.39 is 0 Å². The Kier molecular flexibility index (Phi) is 4.84. The third-order valence-corrected chi connectivity index (χ3v) is 5.33. The maximum Gasteiger partial charge on any atom is 0.274 e. The number of carbonyl (C=O) groups is 1. The second-order valence-electron chi connectivity index (χ2n) is 7.05. The van der Waals surface area contributed by atoms with Crippen LogP contribution < -0.4 is 0 Å². The summed E-state index contributed by atoms with van der Waals surface area (Å²) in [6.07, 6.45) is 10.6. The van der Waals surface area contributed by atoms with Crippen molar-refractivity contribution in [3.63, 3.8) is 0 Å². The molecule has 2 fully saturated rings. The number of aryl methyl sites for hydroxylation is 1. The Balaban J connectivity index is 1.69. The Labute approximate surface area is 133 Å². The summed E-state index contributed by atoms with van der Waals surface area (Å²) in [6, 6.07) is 2.87. The van der Waals surface area contributed by atoms with E-state index in [0.29, 0.717) is 17.8 Å². The fourth-order valence-corrected chi connectivity index (χ4v) is 3.81. The van der Waals surface area contributed by atoms with Gasteiger partial charge < -0.3 is 4.90 Å². The minimum Gasteiger partial charge on any atom is -0.331 e. The SMILES string of the molecule is CCCc1cc(C(=O)N(C2CCC(CC)CC2)C2CC2)n[nH]1. The second kappa shape index (κ2) is 6.84. The van der Waals surface area contributed by atoms with E-state index in [0.717, 1.165) is 24.5 Å². The molecular weight excluding hydrogens is 274 g/mol. The molecule has 122 valence electrons. The molecule has 0 radical (unpaired) electrons. The standard InChI is InChI=1S/C18H29N3O/c1-3-5-14-12-17(20-19-14)18(22)21(16-10-11-16)15-8-6-13(4-2)7-9-15/h12-13,15-16H,3-11H2,1-2H3,(H,19,20). The van der Waals surface area contributed by atoms with Crippen LogP contribution in [0.15, 0.2) is 6.07 Å². The molecule has 22 heavy (non-hydrogen) atoms. The molecule has 0 unspecified atom stereocenters. The number of carbonyl (C=O) groups excluding carboxylic acids is 1. The molecule has 2 saturated carbocycles. The number of nitrogens with zero attached hydrogens (tertiary/aromatic N) is 2. The number of nitrogens with one attached hydrogen (secondary N) is 1. The summed E-state index contributed by atoms with van der Waals surface area (Å²) in [4.78, 5) is 15.1. The highest BCUT2D eigenvalue weighted by Crippen LogP contribution is 2.36. The number of H-pyrrole nitrogens is 1. The molecule has 2 aliphatic carbocycles. The Morgan fingerprint density at radius 2 is 1.82 bits per heavy atom. The van der Waals surface area contributed by atoms with Crippen molar-refractivity contribution in [3.05, 3.63) is 17.5 Å². The number of amides is 1. The zero-order chi connectivity index (χ0) is 15.5. The second-order valence-corrected chi connectivity index (χ2v) is 7.05. The quantitative estimate of drug-likeness (QED) is 0.865. The van der Waals surface area contributed by atoms with Gasteiger partial charge in [-0.2, -0.15) is 5.10 Å². The van der Waals surface area contributed by atoms with Crippen LogP contribution in [-0.2, 0) is 6.42 Å². The largest absolute Gasteiger partial charge is 0.331 e. The van der Waals surface area contributed by atoms with Crippen LogP contribution in [0.4, 0.5) is 0 Å². The van der Waals surface area contributed by atoms with E-state index in [-0.39, 0.29) is 5.91 Å². The summed E-state index contributed by atoms with van der Waals surface area (Å²) in [5, 5.41) is 7.30. The highest BCUT2D eigenvalue weighted by atomic mass is 16.2. The van der Waals surface area contributed by atoms with Crippen LogP contribution in [0, 0.1) is 5.92 Å². The topological polar surface area (TPSA) is 49.0 Å². The normalized spacial score (nSPS) is 25.2. The number of rotatable bonds is 6. The molecular formula is C18H29N3O. The molecule has 4 heteroatoms. The predicted molar refractivity (Wildman–Crippen MR) is 87.8 cm³/mol. The number of aromatic amines is 1. The molecule has 1 aromatic rings. The third-order valence-electron chi connectivity index (χ3n) is 5.33. The van der Waals surface area contributed by atoms with Gasteiger partial charge in [0.1, 0.15) is 5.69 Å². The van der Waals surface area contributed by atoms with Crippen LogP contribution in [0.3, 0.4) is 0 Å². The van der Waals surface area contributed by atoms with Gasteiger partial charge in [0.05, 0.1) is 0 Å². The van der Waals surface area contributed by atoms with E-state index in [2.05, 4.69) is 28.9 Å². The van der Waals surface area contributed by atoms with Gasteiger partial charge in [0.15, 0.2) is 0 Å². The third kappa shape index (κ3) is 3.36. The first kappa shape index (κ1) is 15.6. The molecule has 0 aliphatic heterocycles. The zero-order valence-corrected chi connectivity index (χ0v) is 14.0. The lowest BCUT2D eigenvalue weighted by Crippen LogP contribution is -2.44. The first-order valence-corrected chi connectivity index (χ1v) is 9.09. The average Bonchev–Trinajstić information content (AvgIpc) is 3.26. The first-order valence-electron chi connectivity index (χ1n) is 9.09. The van der Waals surface area contributed by atoms with Crippen molar-refractivity contribution in [1.82, 2.24) is 15.1 Å². The van der Waals surface area contributed by atoms with E-state index in [1.54, 1.807) is 0 Å². The van der Waals surface area contributed by atoms with Gasteiger partial charge in [-0.1, -0.05) is 26.7 Å². The molecule has 1 aromatic heterocycles. The van der Waals surface area contributed by atoms with Crippen molar-refractivity contribution in [2.24, 2.45) is 5.92 Å². The zero-order valence-electron chi connectivity index (χ0n) is 14.0. The molecule has 3 rings (SSSR count). The highest BCUT2D eigenvalue weighted by Gasteiger charge is 2.39. The van der Waals surface area contributed by atoms with Gasteiger partial charge in [-0.25, -0.2) is 0 Å². The van der Waals surface area contributed by atoms with Gasteiger partial charge in [-0.15, -0.1) is 0 Å². The van der Waals surface area contributed by atoms with E-state index in [4.69, 9.17) is 0 Å². The van der Waals surface area contributed by atoms with Gasteiger partial charge in [0.25, 0.3) is 5.91 Å². The predicted octanol–water partition coefficient (Wildman–Crippen LogP) is 3.94. The van der Waals surface area contributed by atoms with Crippen molar-refractivity contribution in [2.75, 3.05) is 0 Å². The van der Waals surface area contributed by atoms with Crippen molar-refractivity contribution < 1.29 is 4.79 Å². The van der Waals surface area contributed by atoms with Crippen LogP contribution in [0.25, 0.3) is 0 Å². The van der Waals surface area contributed by atoms with Gasteiger partial charge in [0, 0.05) is 17.8 Å². The van der Waals surface area contributed by atoms with Gasteiger partial charge >= 0.3 is 0 Å². The van der Waals surface area contributed by atoms with Gasteiger partial charge in [-0.05, 0) is 56.9 Å². The van der Waals surface area contributed by atoms with E-state index in [1.165, 1.54) is 44.9 Å². The maximum atomic E-state index is 12.9. The maximum absolute atomic E-state index is 12.9. The molecule has 0 atom stereocenters. The molecule has 1 amide bonds. The molecule has 1 N–H and O–H groups in total. The molecule has 2 aliphatic rings. The monoisotopic (exact) mass is 303 g/mol. The molecule has 4 nitrogen and oxygen atoms in total. The summed E-state index contributed by atoms with van der Waals surface area (Å²) in [7, 11) is 0. The van der Waals surface area contributed by atoms with E-state index in [9.17, 15) is 4.79 Å². The van der Waals surface area contributed by atoms with Crippen LogP contribution in [-0.4, -0.2) is 33.1 Å². The van der Waals surface area contributed by atoms with E-state index in [1.807, 2.05) is 6.07 Å². The molecule has 0 aromatic carbocycles. The Bertz CT molecular complexity index is 498. The average molecular weight is 303 g/mol. The minimum absolute atomic E-state index is 0.154. The smallest absolute Gasteiger partial charge is 0.274 e. The molecule has 0 saturated heterocycles. The highest BCUT2D eigenvalue weighted by molar-refractivity contribution is 5.93. The minimum atomic E-state index is 0.154. The van der Waals surface area contributed by atoms with Crippen molar-refractivity contribution in [1.29, 1.82) is 0 Å².